The number of carbonyl (C=O) groups excluding carboxylic acids is 1. The molecule has 3 rings (SSSR count). The van der Waals surface area contributed by atoms with E-state index in [9.17, 15) is 13.2 Å². The number of benzene rings is 1. The summed E-state index contributed by atoms with van der Waals surface area (Å²) in [4.78, 5) is 14.6. The van der Waals surface area contributed by atoms with Crippen LogP contribution in [-0.4, -0.2) is 76.1 Å². The average Bonchev–Trinajstić information content (AvgIpc) is 3.16. The van der Waals surface area contributed by atoms with Gasteiger partial charge in [-0.2, -0.15) is 4.31 Å². The second-order valence-corrected chi connectivity index (χ2v) is 8.32. The maximum absolute atomic E-state index is 13.0. The number of hydrogen-bond donors (Lipinski definition) is 1. The van der Waals surface area contributed by atoms with Crippen molar-refractivity contribution in [3.63, 3.8) is 0 Å². The van der Waals surface area contributed by atoms with Crippen molar-refractivity contribution in [2.45, 2.75) is 23.8 Å². The fourth-order valence-electron chi connectivity index (χ4n) is 3.45. The number of methoxy groups -OCH3 is 1. The van der Waals surface area contributed by atoms with Crippen molar-refractivity contribution in [2.24, 2.45) is 5.73 Å². The normalized spacial score (nSPS) is 21.8. The largest absolute Gasteiger partial charge is 0.495 e. The zero-order chi connectivity index (χ0) is 18.7. The Morgan fingerprint density at radius 2 is 2.04 bits per heavy atom. The fourth-order valence-corrected chi connectivity index (χ4v) is 5.04. The first-order valence-corrected chi connectivity index (χ1v) is 10.2. The molecule has 0 saturated carbocycles. The summed E-state index contributed by atoms with van der Waals surface area (Å²) in [5, 5.41) is 0. The van der Waals surface area contributed by atoms with Crippen LogP contribution in [0.25, 0.3) is 0 Å². The first kappa shape index (κ1) is 19.1. The van der Waals surface area contributed by atoms with Gasteiger partial charge < -0.3 is 20.1 Å². The lowest BCUT2D eigenvalue weighted by atomic mass is 10.1. The molecule has 2 saturated heterocycles. The Hall–Kier alpha value is -1.68. The molecule has 0 aromatic heterocycles. The van der Waals surface area contributed by atoms with E-state index in [2.05, 4.69) is 0 Å². The summed E-state index contributed by atoms with van der Waals surface area (Å²) in [7, 11) is -2.35. The van der Waals surface area contributed by atoms with Gasteiger partial charge in [-0.1, -0.05) is 0 Å². The highest BCUT2D eigenvalue weighted by Crippen LogP contribution is 2.30. The van der Waals surface area contributed by atoms with Gasteiger partial charge in [-0.05, 0) is 31.0 Å². The van der Waals surface area contributed by atoms with Crippen LogP contribution >= 0.6 is 0 Å². The molecule has 26 heavy (non-hydrogen) atoms. The van der Waals surface area contributed by atoms with E-state index in [4.69, 9.17) is 15.2 Å². The monoisotopic (exact) mass is 383 g/mol. The van der Waals surface area contributed by atoms with Gasteiger partial charge in [-0.15, -0.1) is 0 Å². The third-order valence-corrected chi connectivity index (χ3v) is 6.83. The first-order chi connectivity index (χ1) is 12.5. The molecule has 144 valence electrons. The van der Waals surface area contributed by atoms with Crippen molar-refractivity contribution >= 4 is 15.9 Å². The number of amides is 1. The van der Waals surface area contributed by atoms with Crippen LogP contribution in [0.3, 0.4) is 0 Å². The number of sulfonamides is 1. The Bertz CT molecular complexity index is 762. The average molecular weight is 383 g/mol. The zero-order valence-corrected chi connectivity index (χ0v) is 15.7. The summed E-state index contributed by atoms with van der Waals surface area (Å²) in [6.45, 7) is 2.31. The second-order valence-electron chi connectivity index (χ2n) is 6.41. The molecule has 1 aromatic rings. The number of ether oxygens (including phenoxy) is 2. The summed E-state index contributed by atoms with van der Waals surface area (Å²) in [6.07, 6.45) is 1.78. The van der Waals surface area contributed by atoms with Crippen LogP contribution in [0.2, 0.25) is 0 Å². The summed E-state index contributed by atoms with van der Waals surface area (Å²) in [6, 6.07) is 4.56. The third kappa shape index (κ3) is 3.57. The Morgan fingerprint density at radius 3 is 2.69 bits per heavy atom. The van der Waals surface area contributed by atoms with Gasteiger partial charge >= 0.3 is 0 Å². The number of rotatable bonds is 5. The molecule has 1 atom stereocenters. The molecule has 1 amide bonds. The maximum atomic E-state index is 13.0. The molecule has 2 heterocycles. The molecule has 0 spiro atoms. The van der Waals surface area contributed by atoms with E-state index in [0.717, 1.165) is 12.8 Å². The summed E-state index contributed by atoms with van der Waals surface area (Å²) >= 11 is 0. The Labute approximate surface area is 153 Å². The first-order valence-electron chi connectivity index (χ1n) is 8.76. The Morgan fingerprint density at radius 1 is 1.31 bits per heavy atom. The van der Waals surface area contributed by atoms with Crippen molar-refractivity contribution in [1.82, 2.24) is 9.21 Å². The van der Waals surface area contributed by atoms with Crippen LogP contribution in [0.5, 0.6) is 5.75 Å². The topological polar surface area (TPSA) is 102 Å². The highest BCUT2D eigenvalue weighted by Gasteiger charge is 2.32. The van der Waals surface area contributed by atoms with Crippen LogP contribution in [0.1, 0.15) is 23.2 Å². The highest BCUT2D eigenvalue weighted by molar-refractivity contribution is 7.89. The lowest BCUT2D eigenvalue weighted by Crippen LogP contribution is -2.41. The summed E-state index contributed by atoms with van der Waals surface area (Å²) in [5.74, 6) is 0.0314. The van der Waals surface area contributed by atoms with Gasteiger partial charge in [0.25, 0.3) is 5.91 Å². The van der Waals surface area contributed by atoms with Crippen molar-refractivity contribution < 1.29 is 22.7 Å². The van der Waals surface area contributed by atoms with E-state index >= 15 is 0 Å². The van der Waals surface area contributed by atoms with Crippen molar-refractivity contribution in [3.8, 4) is 5.75 Å². The van der Waals surface area contributed by atoms with Gasteiger partial charge in [0.15, 0.2) is 0 Å². The van der Waals surface area contributed by atoms with Gasteiger partial charge in [-0.25, -0.2) is 8.42 Å². The molecule has 9 heteroatoms. The lowest BCUT2D eigenvalue weighted by Gasteiger charge is -2.27. The number of nitrogens with two attached hydrogens (primary N) is 1. The molecule has 8 nitrogen and oxygen atoms in total. The van der Waals surface area contributed by atoms with Crippen LogP contribution in [0.4, 0.5) is 0 Å². The number of nitrogens with zero attached hydrogens (tertiary/aromatic N) is 2. The van der Waals surface area contributed by atoms with Crippen molar-refractivity contribution in [3.05, 3.63) is 23.8 Å². The number of carbonyl (C=O) groups is 1. The van der Waals surface area contributed by atoms with Gasteiger partial charge in [0.05, 0.1) is 20.3 Å². The number of hydrogen-bond acceptors (Lipinski definition) is 6. The molecule has 2 fully saturated rings. The smallest absolute Gasteiger partial charge is 0.254 e. The molecule has 2 aliphatic heterocycles. The van der Waals surface area contributed by atoms with Crippen molar-refractivity contribution in [1.29, 1.82) is 0 Å². The van der Waals surface area contributed by atoms with E-state index in [1.807, 2.05) is 0 Å². The molecule has 2 N–H and O–H groups in total. The minimum atomic E-state index is -3.77. The van der Waals surface area contributed by atoms with E-state index in [1.54, 1.807) is 11.0 Å². The molecule has 1 aromatic carbocycles. The van der Waals surface area contributed by atoms with Gasteiger partial charge in [0, 0.05) is 37.8 Å². The molecule has 2 aliphatic rings. The molecular weight excluding hydrogens is 358 g/mol. The van der Waals surface area contributed by atoms with Gasteiger partial charge in [-0.3, -0.25) is 4.79 Å². The predicted molar refractivity (Wildman–Crippen MR) is 95.7 cm³/mol. The highest BCUT2D eigenvalue weighted by atomic mass is 32.2. The third-order valence-electron chi connectivity index (χ3n) is 4.91. The van der Waals surface area contributed by atoms with Gasteiger partial charge in [0.1, 0.15) is 10.6 Å². The Kier molecular flexibility index (Phi) is 5.81. The van der Waals surface area contributed by atoms with E-state index in [0.29, 0.717) is 31.9 Å². The Balaban J connectivity index is 1.95. The molecule has 0 radical (unpaired) electrons. The van der Waals surface area contributed by atoms with Crippen LogP contribution < -0.4 is 10.5 Å². The fraction of sp³-hybridized carbons (Fsp3) is 0.588. The van der Waals surface area contributed by atoms with Crippen LogP contribution in [0, 0.1) is 0 Å². The van der Waals surface area contributed by atoms with E-state index < -0.39 is 10.0 Å². The summed E-state index contributed by atoms with van der Waals surface area (Å²) < 4.78 is 37.9. The SMILES string of the molecule is COc1ccc(C(=O)N2CCCC2CN)cc1S(=O)(=O)N1CCOCC1. The quantitative estimate of drug-likeness (QED) is 0.784. The van der Waals surface area contributed by atoms with E-state index in [1.165, 1.54) is 23.5 Å². The summed E-state index contributed by atoms with van der Waals surface area (Å²) in [5.41, 5.74) is 6.09. The van der Waals surface area contributed by atoms with E-state index in [-0.39, 0.29) is 35.7 Å². The lowest BCUT2D eigenvalue weighted by molar-refractivity contribution is 0.0728. The molecule has 0 aliphatic carbocycles. The second kappa shape index (κ2) is 7.91. The standard InChI is InChI=1S/C17H25N3O5S/c1-24-15-5-4-13(17(21)20-6-2-3-14(20)12-18)11-16(15)26(22,23)19-7-9-25-10-8-19/h4-5,11,14H,2-3,6-10,12,18H2,1H3. The minimum Gasteiger partial charge on any atom is -0.495 e. The van der Waals surface area contributed by atoms with Crippen molar-refractivity contribution in [2.75, 3.05) is 46.5 Å². The molecule has 0 bridgehead atoms. The predicted octanol–water partition coefficient (Wildman–Crippen LogP) is 0.279. The number of morpholine rings is 1. The zero-order valence-electron chi connectivity index (χ0n) is 14.9. The van der Waals surface area contributed by atoms with Gasteiger partial charge in [0.2, 0.25) is 10.0 Å². The number of likely N-dealkylation sites (tertiary alicyclic amines) is 1. The molecular formula is C17H25N3O5S. The minimum absolute atomic E-state index is 0.00361. The maximum Gasteiger partial charge on any atom is 0.254 e. The van der Waals surface area contributed by atoms with Crippen LogP contribution in [0.15, 0.2) is 23.1 Å². The molecule has 1 unspecified atom stereocenters. The van der Waals surface area contributed by atoms with Crippen LogP contribution in [-0.2, 0) is 14.8 Å².